The van der Waals surface area contributed by atoms with Crippen LogP contribution in [0.25, 0.3) is 0 Å². The summed E-state index contributed by atoms with van der Waals surface area (Å²) in [6, 6.07) is 4.57. The summed E-state index contributed by atoms with van der Waals surface area (Å²) in [5, 5.41) is 0. The van der Waals surface area contributed by atoms with Gasteiger partial charge in [-0.25, -0.2) is 9.38 Å². The van der Waals surface area contributed by atoms with Crippen molar-refractivity contribution in [3.05, 3.63) is 48.3 Å². The summed E-state index contributed by atoms with van der Waals surface area (Å²) in [7, 11) is 0. The third-order valence-corrected chi connectivity index (χ3v) is 2.02. The molecule has 0 atom stereocenters. The normalized spacial score (nSPS) is 11.5. The SMILES string of the molecule is NC(=Nc1cncc(F)c1)c1ncccc1N. The van der Waals surface area contributed by atoms with E-state index in [1.54, 1.807) is 18.3 Å². The minimum atomic E-state index is -0.479. The number of aliphatic imine (C=N–C) groups is 1. The highest BCUT2D eigenvalue weighted by atomic mass is 19.1. The smallest absolute Gasteiger partial charge is 0.152 e. The fourth-order valence-electron chi connectivity index (χ4n) is 1.29. The lowest BCUT2D eigenvalue weighted by Gasteiger charge is -2.03. The van der Waals surface area contributed by atoms with Crippen molar-refractivity contribution in [2.45, 2.75) is 0 Å². The maximum Gasteiger partial charge on any atom is 0.152 e. The van der Waals surface area contributed by atoms with E-state index in [9.17, 15) is 4.39 Å². The van der Waals surface area contributed by atoms with Crippen LogP contribution in [0, 0.1) is 5.82 Å². The third-order valence-electron chi connectivity index (χ3n) is 2.02. The Hall–Kier alpha value is -2.50. The van der Waals surface area contributed by atoms with E-state index < -0.39 is 5.82 Å². The monoisotopic (exact) mass is 231 g/mol. The summed E-state index contributed by atoms with van der Waals surface area (Å²) >= 11 is 0. The van der Waals surface area contributed by atoms with Crippen LogP contribution in [0.4, 0.5) is 15.8 Å². The minimum absolute atomic E-state index is 0.121. The number of nitrogens with two attached hydrogens (primary N) is 2. The fraction of sp³-hybridized carbons (Fsp3) is 0. The Kier molecular flexibility index (Phi) is 2.95. The second kappa shape index (κ2) is 4.56. The van der Waals surface area contributed by atoms with E-state index in [0.717, 1.165) is 6.20 Å². The molecule has 17 heavy (non-hydrogen) atoms. The molecule has 2 aromatic heterocycles. The Morgan fingerprint density at radius 1 is 1.35 bits per heavy atom. The molecular weight excluding hydrogens is 221 g/mol. The van der Waals surface area contributed by atoms with Gasteiger partial charge in [-0.15, -0.1) is 0 Å². The van der Waals surface area contributed by atoms with Gasteiger partial charge in [-0.2, -0.15) is 0 Å². The zero-order chi connectivity index (χ0) is 12.3. The Morgan fingerprint density at radius 3 is 2.88 bits per heavy atom. The topological polar surface area (TPSA) is 90.2 Å². The number of nitrogen functional groups attached to an aromatic ring is 1. The van der Waals surface area contributed by atoms with Crippen molar-refractivity contribution < 1.29 is 4.39 Å². The van der Waals surface area contributed by atoms with Crippen LogP contribution in [-0.4, -0.2) is 15.8 Å². The molecule has 0 fully saturated rings. The van der Waals surface area contributed by atoms with Gasteiger partial charge in [0, 0.05) is 12.3 Å². The summed E-state index contributed by atoms with van der Waals surface area (Å²) < 4.78 is 12.9. The number of aromatic nitrogens is 2. The van der Waals surface area contributed by atoms with Gasteiger partial charge in [-0.05, 0) is 12.1 Å². The van der Waals surface area contributed by atoms with E-state index in [0.29, 0.717) is 17.1 Å². The van der Waals surface area contributed by atoms with Crippen molar-refractivity contribution in [2.24, 2.45) is 10.7 Å². The van der Waals surface area contributed by atoms with Crippen molar-refractivity contribution in [3.8, 4) is 0 Å². The van der Waals surface area contributed by atoms with Crippen LogP contribution in [0.1, 0.15) is 5.69 Å². The fourth-order valence-corrected chi connectivity index (χ4v) is 1.29. The Labute approximate surface area is 97.0 Å². The van der Waals surface area contributed by atoms with Gasteiger partial charge in [0.05, 0.1) is 23.8 Å². The minimum Gasteiger partial charge on any atom is -0.397 e. The van der Waals surface area contributed by atoms with E-state index >= 15 is 0 Å². The molecular formula is C11H10FN5. The van der Waals surface area contributed by atoms with Crippen molar-refractivity contribution in [1.29, 1.82) is 0 Å². The highest BCUT2D eigenvalue weighted by Crippen LogP contribution is 2.13. The first-order chi connectivity index (χ1) is 8.16. The van der Waals surface area contributed by atoms with Gasteiger partial charge < -0.3 is 11.5 Å². The van der Waals surface area contributed by atoms with Gasteiger partial charge in [0.2, 0.25) is 0 Å². The van der Waals surface area contributed by atoms with Crippen LogP contribution in [0.15, 0.2) is 41.8 Å². The Balaban J connectivity index is 2.38. The summed E-state index contributed by atoms with van der Waals surface area (Å²) in [5.74, 6) is -0.358. The molecule has 5 nitrogen and oxygen atoms in total. The predicted molar refractivity (Wildman–Crippen MR) is 63.2 cm³/mol. The first-order valence-corrected chi connectivity index (χ1v) is 4.82. The van der Waals surface area contributed by atoms with E-state index in [2.05, 4.69) is 15.0 Å². The maximum absolute atomic E-state index is 12.9. The number of rotatable bonds is 2. The molecule has 0 amide bonds. The van der Waals surface area contributed by atoms with Crippen molar-refractivity contribution in [3.63, 3.8) is 0 Å². The molecule has 0 aliphatic carbocycles. The maximum atomic E-state index is 12.9. The first-order valence-electron chi connectivity index (χ1n) is 4.82. The van der Waals surface area contributed by atoms with Crippen molar-refractivity contribution >= 4 is 17.2 Å². The number of amidine groups is 1. The molecule has 0 radical (unpaired) electrons. The molecule has 0 bridgehead atoms. The zero-order valence-electron chi connectivity index (χ0n) is 8.84. The van der Waals surface area contributed by atoms with E-state index in [1.807, 2.05) is 0 Å². The predicted octanol–water partition coefficient (Wildman–Crippen LogP) is 1.23. The van der Waals surface area contributed by atoms with Crippen LogP contribution in [0.3, 0.4) is 0 Å². The number of halogens is 1. The van der Waals surface area contributed by atoms with Crippen molar-refractivity contribution in [2.75, 3.05) is 5.73 Å². The second-order valence-electron chi connectivity index (χ2n) is 3.30. The Bertz CT molecular complexity index is 567. The number of hydrogen-bond acceptors (Lipinski definition) is 4. The van der Waals surface area contributed by atoms with Crippen LogP contribution >= 0.6 is 0 Å². The third kappa shape index (κ3) is 2.54. The molecule has 4 N–H and O–H groups in total. The van der Waals surface area contributed by atoms with Crippen LogP contribution < -0.4 is 11.5 Å². The molecule has 0 saturated heterocycles. The molecule has 0 spiro atoms. The van der Waals surface area contributed by atoms with E-state index in [4.69, 9.17) is 11.5 Å². The molecule has 0 aromatic carbocycles. The van der Waals surface area contributed by atoms with E-state index in [-0.39, 0.29) is 5.84 Å². The van der Waals surface area contributed by atoms with Crippen LogP contribution in [-0.2, 0) is 0 Å². The number of pyridine rings is 2. The first kappa shape index (κ1) is 11.0. The molecule has 2 heterocycles. The molecule has 0 saturated carbocycles. The van der Waals surface area contributed by atoms with Crippen LogP contribution in [0.2, 0.25) is 0 Å². The highest BCUT2D eigenvalue weighted by molar-refractivity contribution is 6.01. The molecule has 0 aliphatic rings. The molecule has 0 unspecified atom stereocenters. The van der Waals surface area contributed by atoms with Gasteiger partial charge in [0.25, 0.3) is 0 Å². The average Bonchev–Trinajstić information content (AvgIpc) is 2.29. The quantitative estimate of drug-likeness (QED) is 0.601. The Morgan fingerprint density at radius 2 is 2.18 bits per heavy atom. The lowest BCUT2D eigenvalue weighted by atomic mass is 10.3. The largest absolute Gasteiger partial charge is 0.397 e. The molecule has 0 aliphatic heterocycles. The second-order valence-corrected chi connectivity index (χ2v) is 3.30. The molecule has 6 heteroatoms. The lowest BCUT2D eigenvalue weighted by Crippen LogP contribution is -2.16. The molecule has 2 aromatic rings. The number of nitrogens with zero attached hydrogens (tertiary/aromatic N) is 3. The summed E-state index contributed by atoms with van der Waals surface area (Å²) in [5.41, 5.74) is 12.5. The summed E-state index contributed by atoms with van der Waals surface area (Å²) in [6.45, 7) is 0. The van der Waals surface area contributed by atoms with Crippen molar-refractivity contribution in [1.82, 2.24) is 9.97 Å². The standard InChI is InChI=1S/C11H10FN5/c12-7-4-8(6-15-5-7)17-11(14)10-9(13)2-1-3-16-10/h1-6H,13H2,(H2,14,17). The van der Waals surface area contributed by atoms with Gasteiger partial charge in [0.15, 0.2) is 5.84 Å². The average molecular weight is 231 g/mol. The molecule has 86 valence electrons. The van der Waals surface area contributed by atoms with Gasteiger partial charge in [0.1, 0.15) is 11.5 Å². The number of hydrogen-bond donors (Lipinski definition) is 2. The lowest BCUT2D eigenvalue weighted by molar-refractivity contribution is 0.622. The van der Waals surface area contributed by atoms with E-state index in [1.165, 1.54) is 12.3 Å². The summed E-state index contributed by atoms with van der Waals surface area (Å²) in [4.78, 5) is 11.7. The molecule has 2 rings (SSSR count). The highest BCUT2D eigenvalue weighted by Gasteiger charge is 2.05. The van der Waals surface area contributed by atoms with Gasteiger partial charge >= 0.3 is 0 Å². The van der Waals surface area contributed by atoms with Crippen LogP contribution in [0.5, 0.6) is 0 Å². The van der Waals surface area contributed by atoms with Gasteiger partial charge in [-0.3, -0.25) is 9.97 Å². The zero-order valence-corrected chi connectivity index (χ0v) is 8.84. The van der Waals surface area contributed by atoms with Gasteiger partial charge in [-0.1, -0.05) is 0 Å². The number of anilines is 1. The summed E-state index contributed by atoms with van der Waals surface area (Å²) in [6.07, 6.45) is 4.04.